The lowest BCUT2D eigenvalue weighted by Gasteiger charge is -2.15. The van der Waals surface area contributed by atoms with E-state index >= 15 is 0 Å². The first-order chi connectivity index (χ1) is 20.8. The second-order valence-electron chi connectivity index (χ2n) is 10.1. The van der Waals surface area contributed by atoms with Crippen LogP contribution in [0.4, 0.5) is 5.69 Å². The molecule has 1 atom stereocenters. The lowest BCUT2D eigenvalue weighted by Crippen LogP contribution is -2.25. The van der Waals surface area contributed by atoms with Crippen LogP contribution in [-0.2, 0) is 9.59 Å². The van der Waals surface area contributed by atoms with Gasteiger partial charge in [-0.05, 0) is 75.2 Å². The summed E-state index contributed by atoms with van der Waals surface area (Å²) in [6.07, 6.45) is 1.93. The molecule has 222 valence electrons. The number of aryl methyl sites for hydroxylation is 1. The van der Waals surface area contributed by atoms with Crippen LogP contribution in [0.1, 0.15) is 61.4 Å². The van der Waals surface area contributed by atoms with E-state index in [1.165, 1.54) is 0 Å². The highest BCUT2D eigenvalue weighted by molar-refractivity contribution is 9.10. The van der Waals surface area contributed by atoms with Crippen LogP contribution in [0.2, 0.25) is 5.02 Å². The largest absolute Gasteiger partial charge is 0.494 e. The highest BCUT2D eigenvalue weighted by Gasteiger charge is 2.30. The third kappa shape index (κ3) is 7.50. The summed E-state index contributed by atoms with van der Waals surface area (Å²) in [6, 6.07) is 20.3. The number of amides is 2. The molecule has 0 bridgehead atoms. The molecule has 0 radical (unpaired) electrons. The van der Waals surface area contributed by atoms with Crippen molar-refractivity contribution < 1.29 is 14.3 Å². The molecule has 1 aliphatic heterocycles. The second kappa shape index (κ2) is 14.0. The van der Waals surface area contributed by atoms with E-state index in [0.29, 0.717) is 60.5 Å². The third-order valence-corrected chi connectivity index (χ3v) is 7.69. The van der Waals surface area contributed by atoms with Crippen molar-refractivity contribution in [2.24, 2.45) is 4.99 Å². The molecule has 0 aliphatic carbocycles. The van der Waals surface area contributed by atoms with Crippen molar-refractivity contribution >= 4 is 50.7 Å². The summed E-state index contributed by atoms with van der Waals surface area (Å²) in [5.41, 5.74) is 4.01. The molecule has 0 fully saturated rings. The molecule has 0 saturated heterocycles. The number of carbonyl (C=O) groups is 2. The van der Waals surface area contributed by atoms with Crippen LogP contribution in [0.25, 0.3) is 5.69 Å². The topological polar surface area (TPSA) is 110 Å². The van der Waals surface area contributed by atoms with Crippen LogP contribution >= 0.6 is 27.5 Å². The summed E-state index contributed by atoms with van der Waals surface area (Å²) in [5, 5.41) is 15.2. The fourth-order valence-electron chi connectivity index (χ4n) is 4.95. The molecule has 9 nitrogen and oxygen atoms in total. The van der Waals surface area contributed by atoms with Crippen LogP contribution in [0.3, 0.4) is 0 Å². The number of rotatable bonds is 11. The number of unbranched alkanes of at least 4 members (excludes halogenated alkanes) is 1. The fraction of sp³-hybridized carbons (Fsp3) is 0.281. The van der Waals surface area contributed by atoms with Crippen LogP contribution < -0.4 is 15.4 Å². The van der Waals surface area contributed by atoms with Gasteiger partial charge in [-0.15, -0.1) is 10.2 Å². The van der Waals surface area contributed by atoms with E-state index < -0.39 is 6.04 Å². The molecule has 5 rings (SSSR count). The van der Waals surface area contributed by atoms with E-state index in [1.807, 2.05) is 85.1 Å². The second-order valence-corrected chi connectivity index (χ2v) is 11.5. The van der Waals surface area contributed by atoms with Crippen molar-refractivity contribution in [1.82, 2.24) is 20.1 Å². The minimum absolute atomic E-state index is 0.0331. The average molecular weight is 664 g/mol. The van der Waals surface area contributed by atoms with Crippen molar-refractivity contribution in [3.05, 3.63) is 99.0 Å². The molecular formula is C32H32BrClN6O3. The van der Waals surface area contributed by atoms with E-state index in [0.717, 1.165) is 27.0 Å². The third-order valence-electron chi connectivity index (χ3n) is 6.94. The van der Waals surface area contributed by atoms with Gasteiger partial charge in [-0.25, -0.2) is 0 Å². The Kier molecular flexibility index (Phi) is 9.89. The van der Waals surface area contributed by atoms with Gasteiger partial charge in [0.2, 0.25) is 11.8 Å². The molecule has 43 heavy (non-hydrogen) atoms. The molecule has 0 saturated carbocycles. The Morgan fingerprint density at radius 2 is 1.84 bits per heavy atom. The molecular weight excluding hydrogens is 632 g/mol. The number of nitrogens with zero attached hydrogens (tertiary/aromatic N) is 4. The van der Waals surface area contributed by atoms with Gasteiger partial charge < -0.3 is 15.4 Å². The number of aliphatic imine (C=N–C) groups is 1. The number of fused-ring (bicyclic) bond motifs is 3. The van der Waals surface area contributed by atoms with Crippen LogP contribution in [0.5, 0.6) is 5.75 Å². The maximum Gasteiger partial charge on any atom is 0.224 e. The van der Waals surface area contributed by atoms with Crippen molar-refractivity contribution in [1.29, 1.82) is 0 Å². The van der Waals surface area contributed by atoms with Gasteiger partial charge in [-0.3, -0.25) is 19.1 Å². The monoisotopic (exact) mass is 662 g/mol. The summed E-state index contributed by atoms with van der Waals surface area (Å²) >= 11 is 9.62. The van der Waals surface area contributed by atoms with Gasteiger partial charge in [-0.1, -0.05) is 45.7 Å². The predicted molar refractivity (Wildman–Crippen MR) is 171 cm³/mol. The van der Waals surface area contributed by atoms with E-state index in [-0.39, 0.29) is 18.2 Å². The van der Waals surface area contributed by atoms with Gasteiger partial charge in [0.1, 0.15) is 17.6 Å². The highest BCUT2D eigenvalue weighted by atomic mass is 79.9. The Hall–Kier alpha value is -4.02. The first-order valence-corrected chi connectivity index (χ1v) is 15.3. The predicted octanol–water partition coefficient (Wildman–Crippen LogP) is 6.60. The summed E-state index contributed by atoms with van der Waals surface area (Å²) in [6.45, 7) is 4.75. The highest BCUT2D eigenvalue weighted by Crippen LogP contribution is 2.34. The Bertz CT molecular complexity index is 1650. The molecule has 11 heteroatoms. The number of anilines is 1. The number of nitrogens with one attached hydrogen (secondary N) is 2. The lowest BCUT2D eigenvalue weighted by molar-refractivity contribution is -0.121. The standard InChI is InChI=1S/C32H32BrClN6O3/c1-3-35-30(42)19-27-32-39-38-20(2)40(32)28-15-14-25(18-26(28)31(37-27)21-10-12-23(34)13-11-21)43-16-5-4-9-29(41)36-24-8-6-7-22(33)17-24/h6-8,10-15,17-18,27H,3-5,9,16,19H2,1-2H3,(H,35,42)(H,36,41). The van der Waals surface area contributed by atoms with Gasteiger partial charge in [-0.2, -0.15) is 0 Å². The average Bonchev–Trinajstić information content (AvgIpc) is 3.30. The van der Waals surface area contributed by atoms with Crippen molar-refractivity contribution in [2.45, 2.75) is 45.6 Å². The smallest absolute Gasteiger partial charge is 0.224 e. The maximum atomic E-state index is 12.7. The van der Waals surface area contributed by atoms with Gasteiger partial charge >= 0.3 is 0 Å². The zero-order chi connectivity index (χ0) is 30.3. The number of benzene rings is 3. The number of hydrogen-bond acceptors (Lipinski definition) is 6. The summed E-state index contributed by atoms with van der Waals surface area (Å²) in [5.74, 6) is 1.82. The summed E-state index contributed by atoms with van der Waals surface area (Å²) < 4.78 is 9.01. The Morgan fingerprint density at radius 3 is 2.60 bits per heavy atom. The number of ether oxygens (including phenoxy) is 1. The van der Waals surface area contributed by atoms with Crippen LogP contribution in [-0.4, -0.2) is 45.4 Å². The fourth-order valence-corrected chi connectivity index (χ4v) is 5.48. The first kappa shape index (κ1) is 30.4. The Labute approximate surface area is 263 Å². The normalized spacial score (nSPS) is 13.8. The molecule has 1 aliphatic rings. The molecule has 4 aromatic rings. The van der Waals surface area contributed by atoms with E-state index in [1.54, 1.807) is 0 Å². The lowest BCUT2D eigenvalue weighted by atomic mass is 10.00. The van der Waals surface area contributed by atoms with Crippen molar-refractivity contribution in [3.63, 3.8) is 0 Å². The first-order valence-electron chi connectivity index (χ1n) is 14.2. The minimum atomic E-state index is -0.543. The number of carbonyl (C=O) groups excluding carboxylic acids is 2. The van der Waals surface area contributed by atoms with E-state index in [9.17, 15) is 9.59 Å². The van der Waals surface area contributed by atoms with Gasteiger partial charge in [0.25, 0.3) is 0 Å². The van der Waals surface area contributed by atoms with Crippen molar-refractivity contribution in [2.75, 3.05) is 18.5 Å². The van der Waals surface area contributed by atoms with Gasteiger partial charge in [0.05, 0.1) is 24.4 Å². The molecule has 1 unspecified atom stereocenters. The summed E-state index contributed by atoms with van der Waals surface area (Å²) in [7, 11) is 0. The van der Waals surface area contributed by atoms with E-state index in [2.05, 4.69) is 36.8 Å². The SMILES string of the molecule is CCNC(=O)CC1N=C(c2ccc(Cl)cc2)c2cc(OCCCCC(=O)Nc3cccc(Br)c3)ccc2-n2c(C)nnc21. The van der Waals surface area contributed by atoms with Gasteiger partial charge in [0, 0.05) is 39.3 Å². The zero-order valence-corrected chi connectivity index (χ0v) is 26.3. The molecule has 2 amide bonds. The number of hydrogen-bond donors (Lipinski definition) is 2. The molecule has 3 aromatic carbocycles. The van der Waals surface area contributed by atoms with E-state index in [4.69, 9.17) is 21.3 Å². The molecule has 2 heterocycles. The molecule has 2 N–H and O–H groups in total. The number of aromatic nitrogens is 3. The van der Waals surface area contributed by atoms with Crippen LogP contribution in [0.15, 0.2) is 76.2 Å². The summed E-state index contributed by atoms with van der Waals surface area (Å²) in [4.78, 5) is 30.1. The zero-order valence-electron chi connectivity index (χ0n) is 23.9. The van der Waals surface area contributed by atoms with Crippen LogP contribution in [0, 0.1) is 6.92 Å². The Balaban J connectivity index is 1.35. The Morgan fingerprint density at radius 1 is 1.02 bits per heavy atom. The quantitative estimate of drug-likeness (QED) is 0.176. The number of halogens is 2. The van der Waals surface area contributed by atoms with Crippen molar-refractivity contribution in [3.8, 4) is 11.4 Å². The minimum Gasteiger partial charge on any atom is -0.494 e. The maximum absolute atomic E-state index is 12.7. The van der Waals surface area contributed by atoms with Gasteiger partial charge in [0.15, 0.2) is 5.82 Å². The molecule has 1 aromatic heterocycles. The molecule has 0 spiro atoms.